The van der Waals surface area contributed by atoms with Crippen LogP contribution in [0, 0.1) is 0 Å². The highest BCUT2D eigenvalue weighted by Gasteiger charge is 2.26. The van der Waals surface area contributed by atoms with Crippen LogP contribution in [0.3, 0.4) is 0 Å². The van der Waals surface area contributed by atoms with Crippen LogP contribution in [0.4, 0.5) is 0 Å². The second kappa shape index (κ2) is 6.73. The summed E-state index contributed by atoms with van der Waals surface area (Å²) < 4.78 is 11.3. The average molecular weight is 326 g/mol. The van der Waals surface area contributed by atoms with Gasteiger partial charge in [-0.2, -0.15) is 4.98 Å². The molecule has 1 aromatic carbocycles. The van der Waals surface area contributed by atoms with Crippen molar-refractivity contribution in [1.82, 2.24) is 20.0 Å². The molecule has 1 aliphatic heterocycles. The number of aryl methyl sites for hydroxylation is 1. The van der Waals surface area contributed by atoms with E-state index in [1.54, 1.807) is 0 Å². The molecule has 0 saturated carbocycles. The lowest BCUT2D eigenvalue weighted by Gasteiger charge is -2.29. The number of likely N-dealkylation sites (tertiary alicyclic amines) is 1. The topological polar surface area (TPSA) is 68.2 Å². The summed E-state index contributed by atoms with van der Waals surface area (Å²) in [6.07, 6.45) is 4.13. The lowest BCUT2D eigenvalue weighted by atomic mass is 9.98. The van der Waals surface area contributed by atoms with Gasteiger partial charge in [0.1, 0.15) is 5.52 Å². The van der Waals surface area contributed by atoms with Gasteiger partial charge in [0.05, 0.1) is 6.54 Å². The molecule has 4 rings (SSSR count). The zero-order chi connectivity index (χ0) is 16.4. The van der Waals surface area contributed by atoms with Crippen molar-refractivity contribution in [1.29, 1.82) is 0 Å². The Morgan fingerprint density at radius 1 is 1.25 bits per heavy atom. The Hall–Kier alpha value is -2.21. The molecule has 1 aliphatic rings. The molecule has 0 aliphatic carbocycles. The highest BCUT2D eigenvalue weighted by Crippen LogP contribution is 2.29. The van der Waals surface area contributed by atoms with Gasteiger partial charge in [0.15, 0.2) is 17.3 Å². The summed E-state index contributed by atoms with van der Waals surface area (Å²) in [7, 11) is 0. The van der Waals surface area contributed by atoms with Crippen LogP contribution in [-0.4, -0.2) is 33.1 Å². The minimum atomic E-state index is 0.323. The standard InChI is InChI=1S/C18H22N4O2/c1-2-6-16-20-17(24-21-16)12-22-10-5-7-13(11-22)18-19-14-8-3-4-9-15(14)23-18/h3-4,8-9,13H,2,5-7,10-12H2,1H3/t13-/m0/s1. The smallest absolute Gasteiger partial charge is 0.240 e. The Labute approximate surface area is 140 Å². The molecule has 1 saturated heterocycles. The summed E-state index contributed by atoms with van der Waals surface area (Å²) in [5.41, 5.74) is 1.80. The zero-order valence-electron chi connectivity index (χ0n) is 13.9. The van der Waals surface area contributed by atoms with Crippen LogP contribution in [0.15, 0.2) is 33.2 Å². The molecule has 0 bridgehead atoms. The van der Waals surface area contributed by atoms with Crippen molar-refractivity contribution in [2.24, 2.45) is 0 Å². The fourth-order valence-corrected chi connectivity index (χ4v) is 3.34. The largest absolute Gasteiger partial charge is 0.440 e. The van der Waals surface area contributed by atoms with Crippen molar-refractivity contribution in [2.45, 2.75) is 45.1 Å². The van der Waals surface area contributed by atoms with Crippen molar-refractivity contribution in [2.75, 3.05) is 13.1 Å². The SMILES string of the molecule is CCCc1noc(CN2CCC[C@H](c3nc4ccccc4o3)C2)n1. The molecule has 1 atom stereocenters. The fraction of sp³-hybridized carbons (Fsp3) is 0.500. The van der Waals surface area contributed by atoms with Crippen LogP contribution in [0.25, 0.3) is 11.1 Å². The van der Waals surface area contributed by atoms with Crippen molar-refractivity contribution >= 4 is 11.1 Å². The van der Waals surface area contributed by atoms with E-state index in [1.165, 1.54) is 0 Å². The highest BCUT2D eigenvalue weighted by molar-refractivity contribution is 5.72. The summed E-state index contributed by atoms with van der Waals surface area (Å²) in [6.45, 7) is 4.78. The summed E-state index contributed by atoms with van der Waals surface area (Å²) >= 11 is 0. The second-order valence-corrected chi connectivity index (χ2v) is 6.45. The van der Waals surface area contributed by atoms with E-state index in [4.69, 9.17) is 8.94 Å². The van der Waals surface area contributed by atoms with Crippen LogP contribution in [0.5, 0.6) is 0 Å². The van der Waals surface area contributed by atoms with Gasteiger partial charge in [-0.1, -0.05) is 24.2 Å². The van der Waals surface area contributed by atoms with Gasteiger partial charge in [-0.15, -0.1) is 0 Å². The molecule has 6 heteroatoms. The Bertz CT molecular complexity index is 777. The van der Waals surface area contributed by atoms with Crippen molar-refractivity contribution in [3.8, 4) is 0 Å². The monoisotopic (exact) mass is 326 g/mol. The molecular weight excluding hydrogens is 304 g/mol. The summed E-state index contributed by atoms with van der Waals surface area (Å²) in [4.78, 5) is 11.5. The van der Waals surface area contributed by atoms with Gasteiger partial charge < -0.3 is 8.94 Å². The van der Waals surface area contributed by atoms with E-state index in [0.29, 0.717) is 18.4 Å². The van der Waals surface area contributed by atoms with Gasteiger partial charge in [0.25, 0.3) is 0 Å². The Morgan fingerprint density at radius 3 is 3.04 bits per heavy atom. The zero-order valence-corrected chi connectivity index (χ0v) is 13.9. The molecule has 126 valence electrons. The number of hydrogen-bond acceptors (Lipinski definition) is 6. The summed E-state index contributed by atoms with van der Waals surface area (Å²) in [6, 6.07) is 7.94. The Balaban J connectivity index is 1.44. The molecule has 0 spiro atoms. The number of oxazole rings is 1. The number of aromatic nitrogens is 3. The van der Waals surface area contributed by atoms with Gasteiger partial charge in [-0.05, 0) is 37.9 Å². The van der Waals surface area contributed by atoms with Crippen molar-refractivity contribution < 1.29 is 8.94 Å². The predicted molar refractivity (Wildman–Crippen MR) is 89.6 cm³/mol. The second-order valence-electron chi connectivity index (χ2n) is 6.45. The van der Waals surface area contributed by atoms with E-state index in [0.717, 1.165) is 61.6 Å². The van der Waals surface area contributed by atoms with Crippen LogP contribution in [0.2, 0.25) is 0 Å². The third-order valence-electron chi connectivity index (χ3n) is 4.51. The van der Waals surface area contributed by atoms with Crippen molar-refractivity contribution in [3.05, 3.63) is 41.9 Å². The first-order valence-corrected chi connectivity index (χ1v) is 8.71. The minimum Gasteiger partial charge on any atom is -0.440 e. The maximum absolute atomic E-state index is 5.95. The van der Waals surface area contributed by atoms with Gasteiger partial charge in [-0.25, -0.2) is 4.98 Å². The quantitative estimate of drug-likeness (QED) is 0.714. The van der Waals surface area contributed by atoms with Gasteiger partial charge in [-0.3, -0.25) is 4.90 Å². The average Bonchev–Trinajstić information content (AvgIpc) is 3.22. The molecule has 0 N–H and O–H groups in total. The number of nitrogens with zero attached hydrogens (tertiary/aromatic N) is 4. The van der Waals surface area contributed by atoms with Gasteiger partial charge >= 0.3 is 0 Å². The van der Waals surface area contributed by atoms with Crippen molar-refractivity contribution in [3.63, 3.8) is 0 Å². The molecule has 0 unspecified atom stereocenters. The van der Waals surface area contributed by atoms with E-state index in [2.05, 4.69) is 26.9 Å². The molecule has 24 heavy (non-hydrogen) atoms. The van der Waals surface area contributed by atoms with E-state index in [-0.39, 0.29) is 0 Å². The maximum Gasteiger partial charge on any atom is 0.240 e. The molecular formula is C18H22N4O2. The van der Waals surface area contributed by atoms with Crippen LogP contribution in [-0.2, 0) is 13.0 Å². The predicted octanol–water partition coefficient (Wildman–Crippen LogP) is 3.54. The van der Waals surface area contributed by atoms with E-state index < -0.39 is 0 Å². The van der Waals surface area contributed by atoms with Crippen LogP contribution < -0.4 is 0 Å². The Kier molecular flexibility index (Phi) is 4.30. The lowest BCUT2D eigenvalue weighted by Crippen LogP contribution is -2.34. The number of rotatable bonds is 5. The van der Waals surface area contributed by atoms with Crippen LogP contribution in [0.1, 0.15) is 49.7 Å². The number of piperidine rings is 1. The molecule has 0 radical (unpaired) electrons. The number of fused-ring (bicyclic) bond motifs is 1. The first-order chi connectivity index (χ1) is 11.8. The maximum atomic E-state index is 5.95. The molecule has 0 amide bonds. The summed E-state index contributed by atoms with van der Waals surface area (Å²) in [5, 5.41) is 4.03. The fourth-order valence-electron chi connectivity index (χ4n) is 3.34. The van der Waals surface area contributed by atoms with E-state index >= 15 is 0 Å². The highest BCUT2D eigenvalue weighted by atomic mass is 16.5. The molecule has 1 fully saturated rings. The normalized spacial score (nSPS) is 19.1. The molecule has 3 aromatic rings. The molecule has 2 aromatic heterocycles. The molecule has 3 heterocycles. The third-order valence-corrected chi connectivity index (χ3v) is 4.51. The minimum absolute atomic E-state index is 0.323. The lowest BCUT2D eigenvalue weighted by molar-refractivity contribution is 0.167. The first-order valence-electron chi connectivity index (χ1n) is 8.71. The van der Waals surface area contributed by atoms with E-state index in [9.17, 15) is 0 Å². The Morgan fingerprint density at radius 2 is 2.17 bits per heavy atom. The number of hydrogen-bond donors (Lipinski definition) is 0. The number of para-hydroxylation sites is 2. The number of benzene rings is 1. The van der Waals surface area contributed by atoms with E-state index in [1.807, 2.05) is 24.3 Å². The van der Waals surface area contributed by atoms with Crippen LogP contribution >= 0.6 is 0 Å². The first kappa shape index (κ1) is 15.3. The molecule has 6 nitrogen and oxygen atoms in total. The third kappa shape index (κ3) is 3.19. The van der Waals surface area contributed by atoms with Gasteiger partial charge in [0.2, 0.25) is 5.89 Å². The van der Waals surface area contributed by atoms with Gasteiger partial charge in [0, 0.05) is 18.9 Å². The summed E-state index contributed by atoms with van der Waals surface area (Å²) in [5.74, 6) is 2.68.